The summed E-state index contributed by atoms with van der Waals surface area (Å²) >= 11 is 7.46. The van der Waals surface area contributed by atoms with E-state index in [9.17, 15) is 4.79 Å². The van der Waals surface area contributed by atoms with Crippen LogP contribution >= 0.6 is 22.9 Å². The van der Waals surface area contributed by atoms with Gasteiger partial charge in [-0.25, -0.2) is 9.97 Å². The number of hydrogen-bond donors (Lipinski definition) is 0. The van der Waals surface area contributed by atoms with Crippen molar-refractivity contribution in [1.82, 2.24) is 24.0 Å². The Balaban J connectivity index is 1.30. The number of ether oxygens (including phenoxy) is 1. The van der Waals surface area contributed by atoms with Gasteiger partial charge >= 0.3 is 0 Å². The fourth-order valence-corrected chi connectivity index (χ4v) is 5.48. The van der Waals surface area contributed by atoms with Gasteiger partial charge in [0.15, 0.2) is 0 Å². The average Bonchev–Trinajstić information content (AvgIpc) is 3.48. The van der Waals surface area contributed by atoms with Crippen molar-refractivity contribution in [2.45, 2.75) is 6.54 Å². The highest BCUT2D eigenvalue weighted by atomic mass is 35.5. The van der Waals surface area contributed by atoms with E-state index in [1.165, 1.54) is 11.3 Å². The van der Waals surface area contributed by atoms with Crippen molar-refractivity contribution in [3.05, 3.63) is 76.6 Å². The Morgan fingerprint density at radius 2 is 1.74 bits per heavy atom. The van der Waals surface area contributed by atoms with Gasteiger partial charge in [0, 0.05) is 36.1 Å². The number of imidazole rings is 1. The summed E-state index contributed by atoms with van der Waals surface area (Å²) < 4.78 is 9.81. The summed E-state index contributed by atoms with van der Waals surface area (Å²) in [4.78, 5) is 25.9. The standard InChI is InChI=1S/C25H22ClN5O2S/c26-18-3-1-17(2-4-18)23-14-21-24(34-23)25(32)31(16-28-21)19-5-6-22-20(13-19)27-15-30(22)8-7-29-9-11-33-12-10-29/h1-6,13-16H,7-12H2. The molecule has 0 saturated carbocycles. The highest BCUT2D eigenvalue weighted by Crippen LogP contribution is 2.31. The van der Waals surface area contributed by atoms with Gasteiger partial charge in [-0.15, -0.1) is 11.3 Å². The van der Waals surface area contributed by atoms with E-state index in [1.54, 1.807) is 10.9 Å². The molecular weight excluding hydrogens is 470 g/mol. The van der Waals surface area contributed by atoms with Crippen LogP contribution in [0.15, 0.2) is 66.0 Å². The van der Waals surface area contributed by atoms with Gasteiger partial charge in [0.2, 0.25) is 0 Å². The topological polar surface area (TPSA) is 65.2 Å². The van der Waals surface area contributed by atoms with Gasteiger partial charge in [-0.2, -0.15) is 0 Å². The highest BCUT2D eigenvalue weighted by Gasteiger charge is 2.14. The highest BCUT2D eigenvalue weighted by molar-refractivity contribution is 7.22. The third-order valence-corrected chi connectivity index (χ3v) is 7.62. The van der Waals surface area contributed by atoms with Crippen LogP contribution in [-0.2, 0) is 11.3 Å². The average molecular weight is 492 g/mol. The van der Waals surface area contributed by atoms with Gasteiger partial charge in [-0.1, -0.05) is 23.7 Å². The molecule has 172 valence electrons. The Labute approximate surface area is 204 Å². The summed E-state index contributed by atoms with van der Waals surface area (Å²) in [7, 11) is 0. The van der Waals surface area contributed by atoms with E-state index in [-0.39, 0.29) is 5.56 Å². The fourth-order valence-electron chi connectivity index (χ4n) is 4.31. The number of halogens is 1. The molecule has 1 aliphatic rings. The second-order valence-corrected chi connectivity index (χ2v) is 9.81. The number of hydrogen-bond acceptors (Lipinski definition) is 6. The van der Waals surface area contributed by atoms with Crippen LogP contribution in [0.25, 0.3) is 37.4 Å². The van der Waals surface area contributed by atoms with Gasteiger partial charge in [0.1, 0.15) is 11.0 Å². The molecule has 0 N–H and O–H groups in total. The lowest BCUT2D eigenvalue weighted by atomic mass is 10.2. The molecule has 0 atom stereocenters. The van der Waals surface area contributed by atoms with E-state index in [0.717, 1.165) is 66.6 Å². The largest absolute Gasteiger partial charge is 0.379 e. The van der Waals surface area contributed by atoms with Crippen LogP contribution in [0.1, 0.15) is 0 Å². The molecule has 0 bridgehead atoms. The number of thiophene rings is 1. The Morgan fingerprint density at radius 3 is 2.56 bits per heavy atom. The molecule has 7 nitrogen and oxygen atoms in total. The number of aromatic nitrogens is 4. The number of fused-ring (bicyclic) bond motifs is 2. The predicted molar refractivity (Wildman–Crippen MR) is 136 cm³/mol. The molecule has 0 unspecified atom stereocenters. The van der Waals surface area contributed by atoms with Crippen molar-refractivity contribution < 1.29 is 4.74 Å². The van der Waals surface area contributed by atoms with Crippen LogP contribution in [0.3, 0.4) is 0 Å². The summed E-state index contributed by atoms with van der Waals surface area (Å²) in [5.74, 6) is 0. The Hall–Kier alpha value is -3.04. The van der Waals surface area contributed by atoms with Gasteiger partial charge < -0.3 is 9.30 Å². The first-order valence-corrected chi connectivity index (χ1v) is 12.4. The molecule has 34 heavy (non-hydrogen) atoms. The normalized spacial score (nSPS) is 14.9. The zero-order chi connectivity index (χ0) is 23.1. The molecule has 9 heteroatoms. The van der Waals surface area contributed by atoms with Crippen molar-refractivity contribution in [3.8, 4) is 16.1 Å². The lowest BCUT2D eigenvalue weighted by molar-refractivity contribution is 0.0365. The van der Waals surface area contributed by atoms with Crippen LogP contribution in [0.4, 0.5) is 0 Å². The maximum absolute atomic E-state index is 13.3. The third-order valence-electron chi connectivity index (χ3n) is 6.21. The van der Waals surface area contributed by atoms with Crippen molar-refractivity contribution >= 4 is 44.2 Å². The molecule has 6 rings (SSSR count). The summed E-state index contributed by atoms with van der Waals surface area (Å²) in [5.41, 5.74) is 4.31. The van der Waals surface area contributed by atoms with Crippen LogP contribution in [0, 0.1) is 0 Å². The number of rotatable bonds is 5. The van der Waals surface area contributed by atoms with E-state index in [0.29, 0.717) is 15.2 Å². The van der Waals surface area contributed by atoms with Gasteiger partial charge in [0.05, 0.1) is 41.8 Å². The first-order chi connectivity index (χ1) is 16.7. The second kappa shape index (κ2) is 8.96. The summed E-state index contributed by atoms with van der Waals surface area (Å²) in [6, 6.07) is 15.5. The Morgan fingerprint density at radius 1 is 0.941 bits per heavy atom. The number of morpholine rings is 1. The predicted octanol–water partition coefficient (Wildman–Crippen LogP) is 4.45. The van der Waals surface area contributed by atoms with E-state index in [2.05, 4.69) is 19.4 Å². The molecule has 3 aromatic heterocycles. The molecule has 0 radical (unpaired) electrons. The van der Waals surface area contributed by atoms with E-state index < -0.39 is 0 Å². The molecule has 0 amide bonds. The van der Waals surface area contributed by atoms with Crippen molar-refractivity contribution in [3.63, 3.8) is 0 Å². The van der Waals surface area contributed by atoms with Crippen LogP contribution in [0.2, 0.25) is 5.02 Å². The zero-order valence-corrected chi connectivity index (χ0v) is 19.9. The summed E-state index contributed by atoms with van der Waals surface area (Å²) in [5, 5.41) is 0.685. The van der Waals surface area contributed by atoms with Gasteiger partial charge in [-0.05, 0) is 42.0 Å². The maximum atomic E-state index is 13.3. The van der Waals surface area contributed by atoms with Crippen molar-refractivity contribution in [2.75, 3.05) is 32.8 Å². The molecular formula is C25H22ClN5O2S. The van der Waals surface area contributed by atoms with Gasteiger partial charge in [-0.3, -0.25) is 14.3 Å². The minimum Gasteiger partial charge on any atom is -0.379 e. The lowest BCUT2D eigenvalue weighted by Crippen LogP contribution is -2.38. The van der Waals surface area contributed by atoms with Crippen LogP contribution in [0.5, 0.6) is 0 Å². The quantitative estimate of drug-likeness (QED) is 0.363. The molecule has 1 aliphatic heterocycles. The summed E-state index contributed by atoms with van der Waals surface area (Å²) in [6.45, 7) is 5.37. The molecule has 0 aliphatic carbocycles. The first kappa shape index (κ1) is 21.5. The number of benzene rings is 2. The van der Waals surface area contributed by atoms with Gasteiger partial charge in [0.25, 0.3) is 5.56 Å². The molecule has 1 fully saturated rings. The van der Waals surface area contributed by atoms with Crippen molar-refractivity contribution in [2.24, 2.45) is 0 Å². The number of nitrogens with zero attached hydrogens (tertiary/aromatic N) is 5. The third kappa shape index (κ3) is 4.03. The molecule has 2 aromatic carbocycles. The monoisotopic (exact) mass is 491 g/mol. The van der Waals surface area contributed by atoms with E-state index in [1.807, 2.05) is 54.9 Å². The first-order valence-electron chi connectivity index (χ1n) is 11.2. The van der Waals surface area contributed by atoms with Crippen LogP contribution in [-0.4, -0.2) is 56.9 Å². The van der Waals surface area contributed by atoms with E-state index >= 15 is 0 Å². The zero-order valence-electron chi connectivity index (χ0n) is 18.4. The SMILES string of the molecule is O=c1c2sc(-c3ccc(Cl)cc3)cc2ncn1-c1ccc2c(c1)ncn2CCN1CCOCC1. The molecule has 4 heterocycles. The maximum Gasteiger partial charge on any atom is 0.275 e. The molecule has 1 saturated heterocycles. The molecule has 5 aromatic rings. The summed E-state index contributed by atoms with van der Waals surface area (Å²) in [6.07, 6.45) is 3.47. The Kier molecular flexibility index (Phi) is 5.66. The Bertz CT molecular complexity index is 1530. The van der Waals surface area contributed by atoms with E-state index in [4.69, 9.17) is 16.3 Å². The molecule has 0 spiro atoms. The fraction of sp³-hybridized carbons (Fsp3) is 0.240. The minimum absolute atomic E-state index is 0.0821. The minimum atomic E-state index is -0.0821. The second-order valence-electron chi connectivity index (χ2n) is 8.32. The smallest absolute Gasteiger partial charge is 0.275 e. The van der Waals surface area contributed by atoms with Crippen LogP contribution < -0.4 is 5.56 Å². The lowest BCUT2D eigenvalue weighted by Gasteiger charge is -2.26. The van der Waals surface area contributed by atoms with Crippen molar-refractivity contribution in [1.29, 1.82) is 0 Å².